The summed E-state index contributed by atoms with van der Waals surface area (Å²) in [5.74, 6) is 1.08. The second-order valence-corrected chi connectivity index (χ2v) is 5.31. The molecule has 22 heavy (non-hydrogen) atoms. The van der Waals surface area contributed by atoms with Gasteiger partial charge in [0, 0.05) is 34.3 Å². The molecule has 2 aromatic carbocycles. The number of fused-ring (bicyclic) bond motifs is 1. The van der Waals surface area contributed by atoms with Crippen LogP contribution in [0, 0.1) is 5.82 Å². The fourth-order valence-corrected chi connectivity index (χ4v) is 2.74. The van der Waals surface area contributed by atoms with Crippen LogP contribution in [-0.4, -0.2) is 18.8 Å². The van der Waals surface area contributed by atoms with Crippen molar-refractivity contribution in [1.29, 1.82) is 0 Å². The second kappa shape index (κ2) is 5.89. The van der Waals surface area contributed by atoms with Gasteiger partial charge in [0.05, 0.1) is 26.3 Å². The summed E-state index contributed by atoms with van der Waals surface area (Å²) in [6.45, 7) is 0.339. The molecule has 0 aliphatic rings. The third-order valence-corrected chi connectivity index (χ3v) is 4.02. The summed E-state index contributed by atoms with van der Waals surface area (Å²) in [5, 5.41) is 1.35. The van der Waals surface area contributed by atoms with Crippen molar-refractivity contribution in [2.24, 2.45) is 0 Å². The highest BCUT2D eigenvalue weighted by Gasteiger charge is 2.12. The Bertz CT molecular complexity index is 809. The van der Waals surface area contributed by atoms with E-state index in [0.29, 0.717) is 28.6 Å². The van der Waals surface area contributed by atoms with Gasteiger partial charge in [0.15, 0.2) is 0 Å². The average Bonchev–Trinajstić information content (AvgIpc) is 2.93. The maximum atomic E-state index is 14.0. The third-order valence-electron chi connectivity index (χ3n) is 3.67. The lowest BCUT2D eigenvalue weighted by Crippen LogP contribution is -2.01. The van der Waals surface area contributed by atoms with E-state index in [1.807, 2.05) is 29.0 Å². The lowest BCUT2D eigenvalue weighted by atomic mass is 10.2. The molecule has 0 unspecified atom stereocenters. The number of rotatable bonds is 4. The molecule has 0 spiro atoms. The lowest BCUT2D eigenvalue weighted by molar-refractivity contribution is 0.398. The molecule has 0 radical (unpaired) electrons. The van der Waals surface area contributed by atoms with Gasteiger partial charge >= 0.3 is 0 Å². The zero-order valence-corrected chi connectivity index (χ0v) is 13.0. The number of halogens is 2. The molecule has 0 fully saturated rings. The molecule has 3 nitrogen and oxygen atoms in total. The van der Waals surface area contributed by atoms with Gasteiger partial charge in [0.2, 0.25) is 0 Å². The van der Waals surface area contributed by atoms with Crippen molar-refractivity contribution in [2.45, 2.75) is 6.54 Å². The molecule has 0 amide bonds. The van der Waals surface area contributed by atoms with Crippen LogP contribution in [0.4, 0.5) is 4.39 Å². The van der Waals surface area contributed by atoms with Crippen LogP contribution >= 0.6 is 11.6 Å². The van der Waals surface area contributed by atoms with E-state index in [1.165, 1.54) is 6.07 Å². The molecule has 0 aliphatic heterocycles. The number of methoxy groups -OCH3 is 2. The lowest BCUT2D eigenvalue weighted by Gasteiger charge is -2.11. The first kappa shape index (κ1) is 14.7. The summed E-state index contributed by atoms with van der Waals surface area (Å²) in [6.07, 6.45) is 1.88. The first-order valence-corrected chi connectivity index (χ1v) is 7.15. The van der Waals surface area contributed by atoms with Gasteiger partial charge in [-0.15, -0.1) is 0 Å². The van der Waals surface area contributed by atoms with Gasteiger partial charge in [-0.2, -0.15) is 0 Å². The summed E-state index contributed by atoms with van der Waals surface area (Å²) >= 11 is 6.11. The van der Waals surface area contributed by atoms with E-state index in [1.54, 1.807) is 26.4 Å². The molecule has 0 saturated carbocycles. The number of nitrogens with zero attached hydrogens (tertiary/aromatic N) is 1. The topological polar surface area (TPSA) is 23.4 Å². The van der Waals surface area contributed by atoms with Crippen LogP contribution in [0.25, 0.3) is 10.9 Å². The molecule has 0 atom stereocenters. The fraction of sp³-hybridized carbons (Fsp3) is 0.176. The van der Waals surface area contributed by atoms with Crippen molar-refractivity contribution in [1.82, 2.24) is 4.57 Å². The van der Waals surface area contributed by atoms with E-state index in [9.17, 15) is 4.39 Å². The van der Waals surface area contributed by atoms with E-state index >= 15 is 0 Å². The Morgan fingerprint density at radius 3 is 2.64 bits per heavy atom. The predicted molar refractivity (Wildman–Crippen MR) is 85.6 cm³/mol. The monoisotopic (exact) mass is 319 g/mol. The van der Waals surface area contributed by atoms with Gasteiger partial charge in [0.1, 0.15) is 17.3 Å². The van der Waals surface area contributed by atoms with Gasteiger partial charge in [0.25, 0.3) is 0 Å². The van der Waals surface area contributed by atoms with Crippen molar-refractivity contribution >= 4 is 22.5 Å². The van der Waals surface area contributed by atoms with Crippen molar-refractivity contribution in [3.05, 3.63) is 59.0 Å². The molecular weight excluding hydrogens is 305 g/mol. The second-order valence-electron chi connectivity index (χ2n) is 4.91. The van der Waals surface area contributed by atoms with Gasteiger partial charge in [-0.1, -0.05) is 17.7 Å². The minimum Gasteiger partial charge on any atom is -0.497 e. The maximum Gasteiger partial charge on any atom is 0.131 e. The Morgan fingerprint density at radius 2 is 1.95 bits per heavy atom. The van der Waals surface area contributed by atoms with Gasteiger partial charge < -0.3 is 14.0 Å². The molecule has 0 saturated heterocycles. The predicted octanol–water partition coefficient (Wildman–Crippen LogP) is 4.50. The molecule has 0 aliphatic carbocycles. The van der Waals surface area contributed by atoms with Crippen LogP contribution in [0.15, 0.2) is 42.6 Å². The molecular formula is C17H15ClFNO2. The zero-order valence-electron chi connectivity index (χ0n) is 12.3. The quantitative estimate of drug-likeness (QED) is 0.707. The summed E-state index contributed by atoms with van der Waals surface area (Å²) < 4.78 is 26.6. The van der Waals surface area contributed by atoms with Gasteiger partial charge in [-0.05, 0) is 18.2 Å². The number of ether oxygens (including phenoxy) is 2. The van der Waals surface area contributed by atoms with Crippen LogP contribution in [0.2, 0.25) is 5.02 Å². The Balaban J connectivity index is 2.12. The molecule has 3 aromatic rings. The third kappa shape index (κ3) is 2.50. The van der Waals surface area contributed by atoms with Crippen LogP contribution in [-0.2, 0) is 6.54 Å². The Kier molecular flexibility index (Phi) is 3.94. The van der Waals surface area contributed by atoms with E-state index in [-0.39, 0.29) is 5.82 Å². The molecule has 0 N–H and O–H groups in total. The minimum atomic E-state index is -0.316. The Hall–Kier alpha value is -2.20. The largest absolute Gasteiger partial charge is 0.497 e. The first-order valence-electron chi connectivity index (χ1n) is 6.78. The number of aromatic nitrogens is 1. The van der Waals surface area contributed by atoms with Gasteiger partial charge in [-0.3, -0.25) is 0 Å². The maximum absolute atomic E-state index is 14.0. The Labute approximate surface area is 132 Å². The number of benzene rings is 2. The fourth-order valence-electron chi connectivity index (χ4n) is 2.52. The highest BCUT2D eigenvalue weighted by atomic mass is 35.5. The van der Waals surface area contributed by atoms with Crippen LogP contribution in [0.3, 0.4) is 0 Å². The van der Waals surface area contributed by atoms with E-state index < -0.39 is 0 Å². The smallest absolute Gasteiger partial charge is 0.131 e. The summed E-state index contributed by atoms with van der Waals surface area (Å²) in [7, 11) is 3.21. The number of hydrogen-bond donors (Lipinski definition) is 0. The van der Waals surface area contributed by atoms with E-state index in [4.69, 9.17) is 21.1 Å². The molecule has 1 aromatic heterocycles. The van der Waals surface area contributed by atoms with Crippen LogP contribution in [0.5, 0.6) is 11.5 Å². The first-order chi connectivity index (χ1) is 10.6. The molecule has 3 rings (SSSR count). The van der Waals surface area contributed by atoms with Crippen LogP contribution < -0.4 is 9.47 Å². The standard InChI is InChI=1S/C17H15ClFNO2/c1-21-11-8-16-12(17(9-11)22-2)6-7-20(16)10-13-14(18)4-3-5-15(13)19/h3-9H,10H2,1-2H3. The van der Waals surface area contributed by atoms with Crippen molar-refractivity contribution in [3.8, 4) is 11.5 Å². The normalized spacial score (nSPS) is 10.9. The summed E-state index contributed by atoms with van der Waals surface area (Å²) in [5.41, 5.74) is 1.36. The summed E-state index contributed by atoms with van der Waals surface area (Å²) in [6, 6.07) is 10.3. The molecule has 5 heteroatoms. The van der Waals surface area contributed by atoms with E-state index in [2.05, 4.69) is 0 Å². The summed E-state index contributed by atoms with van der Waals surface area (Å²) in [4.78, 5) is 0. The Morgan fingerprint density at radius 1 is 1.14 bits per heavy atom. The highest BCUT2D eigenvalue weighted by Crippen LogP contribution is 2.33. The van der Waals surface area contributed by atoms with Crippen molar-refractivity contribution in [2.75, 3.05) is 14.2 Å². The average molecular weight is 320 g/mol. The van der Waals surface area contributed by atoms with Crippen molar-refractivity contribution in [3.63, 3.8) is 0 Å². The minimum absolute atomic E-state index is 0.316. The zero-order chi connectivity index (χ0) is 15.7. The SMILES string of the molecule is COc1cc(OC)c2ccn(Cc3c(F)cccc3Cl)c2c1. The molecule has 114 valence electrons. The van der Waals surface area contributed by atoms with Crippen LogP contribution in [0.1, 0.15) is 5.56 Å². The number of hydrogen-bond acceptors (Lipinski definition) is 2. The molecule has 1 heterocycles. The molecule has 0 bridgehead atoms. The highest BCUT2D eigenvalue weighted by molar-refractivity contribution is 6.31. The van der Waals surface area contributed by atoms with E-state index in [0.717, 1.165) is 10.9 Å². The van der Waals surface area contributed by atoms with Crippen molar-refractivity contribution < 1.29 is 13.9 Å². The van der Waals surface area contributed by atoms with Gasteiger partial charge in [-0.25, -0.2) is 4.39 Å².